The standard InChI is InChI=1S/C27H36N2O4/c1-5-32-25(30)24(23(22-16-17-22)28-26(31)33-27(2,3)4)29(18-20-12-8-6-9-13-20)19-21-14-10-7-11-15-21/h6-15,22-24H,5,16-19H2,1-4H3,(H,28,31)/t23-,24+/m1/s1. The highest BCUT2D eigenvalue weighted by Gasteiger charge is 2.45. The van der Waals surface area contributed by atoms with Crippen molar-refractivity contribution in [3.05, 3.63) is 71.8 Å². The normalized spacial score (nSPS) is 15.5. The van der Waals surface area contributed by atoms with Gasteiger partial charge in [-0.3, -0.25) is 9.69 Å². The highest BCUT2D eigenvalue weighted by Crippen LogP contribution is 2.36. The highest BCUT2D eigenvalue weighted by atomic mass is 16.6. The topological polar surface area (TPSA) is 67.9 Å². The van der Waals surface area contributed by atoms with E-state index in [9.17, 15) is 9.59 Å². The van der Waals surface area contributed by atoms with Crippen LogP contribution in [0.25, 0.3) is 0 Å². The summed E-state index contributed by atoms with van der Waals surface area (Å²) in [4.78, 5) is 28.2. The van der Waals surface area contributed by atoms with Gasteiger partial charge in [-0.25, -0.2) is 4.79 Å². The monoisotopic (exact) mass is 452 g/mol. The number of alkyl carbamates (subject to hydrolysis) is 1. The number of nitrogens with zero attached hydrogens (tertiary/aromatic N) is 1. The number of benzene rings is 2. The van der Waals surface area contributed by atoms with Gasteiger partial charge >= 0.3 is 12.1 Å². The molecule has 1 fully saturated rings. The molecule has 2 aromatic rings. The summed E-state index contributed by atoms with van der Waals surface area (Å²) in [5, 5.41) is 3.02. The first-order valence-electron chi connectivity index (χ1n) is 11.7. The summed E-state index contributed by atoms with van der Waals surface area (Å²) in [7, 11) is 0. The number of hydrogen-bond donors (Lipinski definition) is 1. The molecule has 0 spiro atoms. The summed E-state index contributed by atoms with van der Waals surface area (Å²) >= 11 is 0. The number of nitrogens with one attached hydrogen (secondary N) is 1. The molecule has 0 heterocycles. The Balaban J connectivity index is 1.94. The summed E-state index contributed by atoms with van der Waals surface area (Å²) in [5.74, 6) is -0.113. The maximum Gasteiger partial charge on any atom is 0.407 e. The van der Waals surface area contributed by atoms with Crippen molar-refractivity contribution < 1.29 is 19.1 Å². The molecule has 2 atom stereocenters. The molecule has 0 unspecified atom stereocenters. The molecule has 2 aromatic carbocycles. The molecule has 6 nitrogen and oxygen atoms in total. The summed E-state index contributed by atoms with van der Waals surface area (Å²) in [6.45, 7) is 8.69. The van der Waals surface area contributed by atoms with E-state index >= 15 is 0 Å². The number of esters is 1. The molecule has 0 aromatic heterocycles. The maximum atomic E-state index is 13.3. The van der Waals surface area contributed by atoms with Crippen LogP contribution < -0.4 is 5.32 Å². The third-order valence-electron chi connectivity index (χ3n) is 5.53. The van der Waals surface area contributed by atoms with Gasteiger partial charge in [-0.2, -0.15) is 0 Å². The van der Waals surface area contributed by atoms with E-state index in [-0.39, 0.29) is 18.5 Å². The van der Waals surface area contributed by atoms with Crippen LogP contribution in [-0.2, 0) is 27.4 Å². The Morgan fingerprint density at radius 2 is 1.48 bits per heavy atom. The van der Waals surface area contributed by atoms with Crippen LogP contribution in [0.5, 0.6) is 0 Å². The maximum absolute atomic E-state index is 13.3. The Hall–Kier alpha value is -2.86. The molecule has 6 heteroatoms. The smallest absolute Gasteiger partial charge is 0.407 e. The predicted molar refractivity (Wildman–Crippen MR) is 128 cm³/mol. The van der Waals surface area contributed by atoms with E-state index in [0.717, 1.165) is 24.0 Å². The van der Waals surface area contributed by atoms with Crippen LogP contribution in [0.3, 0.4) is 0 Å². The first kappa shape index (κ1) is 24.8. The van der Waals surface area contributed by atoms with Gasteiger partial charge in [0.05, 0.1) is 12.6 Å². The average molecular weight is 453 g/mol. The Labute approximate surface area is 197 Å². The van der Waals surface area contributed by atoms with Gasteiger partial charge in [0, 0.05) is 13.1 Å². The van der Waals surface area contributed by atoms with Crippen LogP contribution in [0.4, 0.5) is 4.79 Å². The molecule has 1 aliphatic carbocycles. The number of carbonyl (C=O) groups is 2. The quantitative estimate of drug-likeness (QED) is 0.518. The molecule has 0 aliphatic heterocycles. The van der Waals surface area contributed by atoms with Crippen LogP contribution in [0.2, 0.25) is 0 Å². The van der Waals surface area contributed by atoms with Crippen molar-refractivity contribution in [3.63, 3.8) is 0 Å². The summed E-state index contributed by atoms with van der Waals surface area (Å²) in [6, 6.07) is 19.1. The number of hydrogen-bond acceptors (Lipinski definition) is 5. The largest absolute Gasteiger partial charge is 0.465 e. The third-order valence-corrected chi connectivity index (χ3v) is 5.53. The molecule has 33 heavy (non-hydrogen) atoms. The van der Waals surface area contributed by atoms with Crippen LogP contribution in [0.1, 0.15) is 51.7 Å². The van der Waals surface area contributed by atoms with E-state index in [1.54, 1.807) is 6.92 Å². The van der Waals surface area contributed by atoms with E-state index in [4.69, 9.17) is 9.47 Å². The fourth-order valence-corrected chi connectivity index (χ4v) is 3.99. The second-order valence-electron chi connectivity index (χ2n) is 9.58. The first-order chi connectivity index (χ1) is 15.8. The van der Waals surface area contributed by atoms with Crippen LogP contribution in [-0.4, -0.2) is 41.3 Å². The van der Waals surface area contributed by atoms with E-state index in [1.807, 2.05) is 81.4 Å². The van der Waals surface area contributed by atoms with Crippen molar-refractivity contribution in [1.29, 1.82) is 0 Å². The zero-order valence-electron chi connectivity index (χ0n) is 20.1. The summed E-state index contributed by atoms with van der Waals surface area (Å²) < 4.78 is 11.1. The summed E-state index contributed by atoms with van der Waals surface area (Å²) in [6.07, 6.45) is 1.41. The summed E-state index contributed by atoms with van der Waals surface area (Å²) in [5.41, 5.74) is 1.56. The van der Waals surface area contributed by atoms with Crippen LogP contribution in [0, 0.1) is 5.92 Å². The number of ether oxygens (including phenoxy) is 2. The molecule has 3 rings (SSSR count). The van der Waals surface area contributed by atoms with Crippen molar-refractivity contribution in [3.8, 4) is 0 Å². The first-order valence-corrected chi connectivity index (χ1v) is 11.7. The van der Waals surface area contributed by atoms with Crippen molar-refractivity contribution in [1.82, 2.24) is 10.2 Å². The third kappa shape index (κ3) is 7.90. The van der Waals surface area contributed by atoms with Gasteiger partial charge in [-0.1, -0.05) is 60.7 Å². The molecule has 1 aliphatic rings. The van der Waals surface area contributed by atoms with Crippen molar-refractivity contribution >= 4 is 12.1 Å². The number of rotatable bonds is 10. The molecule has 1 amide bonds. The van der Waals surface area contributed by atoms with Crippen molar-refractivity contribution in [2.75, 3.05) is 6.61 Å². The number of carbonyl (C=O) groups excluding carboxylic acids is 2. The molecule has 1 saturated carbocycles. The Bertz CT molecular complexity index is 850. The Morgan fingerprint density at radius 1 is 0.970 bits per heavy atom. The molecule has 0 bridgehead atoms. The zero-order valence-corrected chi connectivity index (χ0v) is 20.1. The molecule has 0 radical (unpaired) electrons. The molecular weight excluding hydrogens is 416 g/mol. The van der Waals surface area contributed by atoms with Gasteiger partial charge in [0.2, 0.25) is 0 Å². The fourth-order valence-electron chi connectivity index (χ4n) is 3.99. The van der Waals surface area contributed by atoms with E-state index < -0.39 is 23.8 Å². The minimum absolute atomic E-state index is 0.209. The predicted octanol–water partition coefficient (Wildman–Crippen LogP) is 4.92. The van der Waals surface area contributed by atoms with Gasteiger partial charge in [-0.05, 0) is 57.6 Å². The van der Waals surface area contributed by atoms with Crippen molar-refractivity contribution in [2.24, 2.45) is 5.92 Å². The van der Waals surface area contributed by atoms with Gasteiger partial charge in [0.1, 0.15) is 11.6 Å². The second kappa shape index (κ2) is 11.3. The van der Waals surface area contributed by atoms with E-state index in [0.29, 0.717) is 13.1 Å². The highest BCUT2D eigenvalue weighted by molar-refractivity contribution is 5.78. The molecule has 0 saturated heterocycles. The van der Waals surface area contributed by atoms with Gasteiger partial charge < -0.3 is 14.8 Å². The SMILES string of the molecule is CCOC(=O)[C@H]([C@H](NC(=O)OC(C)(C)C)C1CC1)N(Cc1ccccc1)Cc1ccccc1. The lowest BCUT2D eigenvalue weighted by Crippen LogP contribution is -2.57. The lowest BCUT2D eigenvalue weighted by atomic mass is 9.99. The van der Waals surface area contributed by atoms with Crippen LogP contribution >= 0.6 is 0 Å². The second-order valence-corrected chi connectivity index (χ2v) is 9.58. The Morgan fingerprint density at radius 3 is 1.91 bits per heavy atom. The van der Waals surface area contributed by atoms with Gasteiger partial charge in [0.25, 0.3) is 0 Å². The molecule has 1 N–H and O–H groups in total. The minimum atomic E-state index is -0.634. The van der Waals surface area contributed by atoms with Gasteiger partial charge in [0.15, 0.2) is 0 Å². The lowest BCUT2D eigenvalue weighted by Gasteiger charge is -2.36. The lowest BCUT2D eigenvalue weighted by molar-refractivity contribution is -0.151. The van der Waals surface area contributed by atoms with Crippen LogP contribution in [0.15, 0.2) is 60.7 Å². The van der Waals surface area contributed by atoms with E-state index in [2.05, 4.69) is 10.2 Å². The molecule has 178 valence electrons. The van der Waals surface area contributed by atoms with Gasteiger partial charge in [-0.15, -0.1) is 0 Å². The van der Waals surface area contributed by atoms with Crippen molar-refractivity contribution in [2.45, 2.75) is 71.3 Å². The molecular formula is C27H36N2O4. The number of amides is 1. The average Bonchev–Trinajstić information content (AvgIpc) is 3.59. The zero-order chi connectivity index (χ0) is 23.8. The minimum Gasteiger partial charge on any atom is -0.465 e. The van der Waals surface area contributed by atoms with E-state index in [1.165, 1.54) is 0 Å². The fraction of sp³-hybridized carbons (Fsp3) is 0.481. The Kier molecular flexibility index (Phi) is 8.50.